The van der Waals surface area contributed by atoms with Crippen LogP contribution >= 0.6 is 0 Å². The Balaban J connectivity index is 2.33. The van der Waals surface area contributed by atoms with E-state index in [1.807, 2.05) is 4.90 Å². The van der Waals surface area contributed by atoms with Gasteiger partial charge in [0.15, 0.2) is 0 Å². The second kappa shape index (κ2) is 5.29. The van der Waals surface area contributed by atoms with Crippen LogP contribution in [-0.2, 0) is 4.79 Å². The van der Waals surface area contributed by atoms with Crippen molar-refractivity contribution in [3.8, 4) is 0 Å². The molecule has 2 unspecified atom stereocenters. The van der Waals surface area contributed by atoms with Gasteiger partial charge in [-0.1, -0.05) is 0 Å². The van der Waals surface area contributed by atoms with Crippen LogP contribution < -0.4 is 5.73 Å². The molecule has 14 heavy (non-hydrogen) atoms. The minimum Gasteiger partial charge on any atom is -0.480 e. The molecular weight excluding hydrogens is 184 g/mol. The normalized spacial score (nSPS) is 26.0. The third-order valence-corrected chi connectivity index (χ3v) is 2.63. The lowest BCUT2D eigenvalue weighted by atomic mass is 9.99. The highest BCUT2D eigenvalue weighted by Gasteiger charge is 2.22. The van der Waals surface area contributed by atoms with Gasteiger partial charge >= 0.3 is 5.97 Å². The molecule has 82 valence electrons. The number of aliphatic hydroxyl groups is 1. The van der Waals surface area contributed by atoms with Crippen molar-refractivity contribution in [3.63, 3.8) is 0 Å². The summed E-state index contributed by atoms with van der Waals surface area (Å²) in [5.41, 5.74) is 5.43. The number of carboxylic acids is 1. The summed E-state index contributed by atoms with van der Waals surface area (Å²) in [5, 5.41) is 17.6. The Morgan fingerprint density at radius 2 is 2.36 bits per heavy atom. The lowest BCUT2D eigenvalue weighted by Crippen LogP contribution is -2.46. The molecule has 0 aromatic heterocycles. The average Bonchev–Trinajstić information content (AvgIpc) is 2.18. The SMILES string of the molecule is NC(CN1CCCC(CO)C1)C(=O)O. The zero-order valence-electron chi connectivity index (χ0n) is 8.22. The van der Waals surface area contributed by atoms with Gasteiger partial charge in [-0.3, -0.25) is 4.79 Å². The second-order valence-electron chi connectivity index (χ2n) is 3.90. The molecule has 1 heterocycles. The third kappa shape index (κ3) is 3.25. The highest BCUT2D eigenvalue weighted by molar-refractivity contribution is 5.73. The van der Waals surface area contributed by atoms with Crippen LogP contribution in [0.4, 0.5) is 0 Å². The van der Waals surface area contributed by atoms with Crippen molar-refractivity contribution in [3.05, 3.63) is 0 Å². The first kappa shape index (κ1) is 11.4. The molecule has 0 aromatic carbocycles. The minimum atomic E-state index is -0.962. The van der Waals surface area contributed by atoms with Crippen LogP contribution in [0.15, 0.2) is 0 Å². The van der Waals surface area contributed by atoms with E-state index in [1.165, 1.54) is 0 Å². The summed E-state index contributed by atoms with van der Waals surface area (Å²) in [5.74, 6) is -0.680. The van der Waals surface area contributed by atoms with Gasteiger partial charge in [0, 0.05) is 19.7 Å². The Morgan fingerprint density at radius 1 is 1.64 bits per heavy atom. The van der Waals surface area contributed by atoms with E-state index >= 15 is 0 Å². The van der Waals surface area contributed by atoms with E-state index < -0.39 is 12.0 Å². The number of aliphatic carboxylic acids is 1. The first-order valence-electron chi connectivity index (χ1n) is 4.95. The average molecular weight is 202 g/mol. The van der Waals surface area contributed by atoms with E-state index in [-0.39, 0.29) is 12.5 Å². The highest BCUT2D eigenvalue weighted by atomic mass is 16.4. The van der Waals surface area contributed by atoms with Crippen molar-refractivity contribution in [1.82, 2.24) is 4.90 Å². The molecule has 4 N–H and O–H groups in total. The lowest BCUT2D eigenvalue weighted by Gasteiger charge is -2.32. The van der Waals surface area contributed by atoms with Crippen LogP contribution in [0.2, 0.25) is 0 Å². The van der Waals surface area contributed by atoms with Gasteiger partial charge in [-0.05, 0) is 25.3 Å². The van der Waals surface area contributed by atoms with Crippen molar-refractivity contribution >= 4 is 5.97 Å². The van der Waals surface area contributed by atoms with Gasteiger partial charge in [0.2, 0.25) is 0 Å². The predicted molar refractivity (Wildman–Crippen MR) is 51.9 cm³/mol. The zero-order valence-corrected chi connectivity index (χ0v) is 8.22. The molecule has 0 aromatic rings. The molecule has 5 nitrogen and oxygen atoms in total. The van der Waals surface area contributed by atoms with Gasteiger partial charge in [-0.25, -0.2) is 0 Å². The van der Waals surface area contributed by atoms with Crippen LogP contribution in [0.3, 0.4) is 0 Å². The van der Waals surface area contributed by atoms with Crippen LogP contribution in [-0.4, -0.2) is 53.4 Å². The van der Waals surface area contributed by atoms with Gasteiger partial charge in [0.05, 0.1) is 0 Å². The number of aliphatic hydroxyl groups excluding tert-OH is 1. The number of likely N-dealkylation sites (tertiary alicyclic amines) is 1. The van der Waals surface area contributed by atoms with Crippen LogP contribution in [0.25, 0.3) is 0 Å². The maximum absolute atomic E-state index is 10.5. The number of nitrogens with zero attached hydrogens (tertiary/aromatic N) is 1. The fraction of sp³-hybridized carbons (Fsp3) is 0.889. The third-order valence-electron chi connectivity index (χ3n) is 2.63. The molecule has 0 spiro atoms. The largest absolute Gasteiger partial charge is 0.480 e. The number of rotatable bonds is 4. The molecule has 2 atom stereocenters. The van der Waals surface area contributed by atoms with Gasteiger partial charge in [-0.15, -0.1) is 0 Å². The van der Waals surface area contributed by atoms with Crippen molar-refractivity contribution in [1.29, 1.82) is 0 Å². The summed E-state index contributed by atoms with van der Waals surface area (Å²) in [7, 11) is 0. The number of carbonyl (C=O) groups is 1. The molecule has 0 amide bonds. The Labute approximate surface area is 83.5 Å². The first-order valence-corrected chi connectivity index (χ1v) is 4.95. The van der Waals surface area contributed by atoms with Crippen molar-refractivity contribution in [2.45, 2.75) is 18.9 Å². The maximum Gasteiger partial charge on any atom is 0.321 e. The second-order valence-corrected chi connectivity index (χ2v) is 3.90. The van der Waals surface area contributed by atoms with E-state index in [9.17, 15) is 4.79 Å². The molecule has 1 aliphatic heterocycles. The maximum atomic E-state index is 10.5. The Bertz CT molecular complexity index is 198. The lowest BCUT2D eigenvalue weighted by molar-refractivity contribution is -0.139. The quantitative estimate of drug-likeness (QED) is 0.550. The van der Waals surface area contributed by atoms with Gasteiger partial charge < -0.3 is 20.8 Å². The van der Waals surface area contributed by atoms with Crippen molar-refractivity contribution in [2.75, 3.05) is 26.2 Å². The molecule has 5 heteroatoms. The van der Waals surface area contributed by atoms with Gasteiger partial charge in [0.25, 0.3) is 0 Å². The molecule has 0 bridgehead atoms. The molecule has 0 radical (unpaired) electrons. The Kier molecular flexibility index (Phi) is 4.31. The van der Waals surface area contributed by atoms with Crippen molar-refractivity contribution in [2.24, 2.45) is 11.7 Å². The number of hydrogen-bond acceptors (Lipinski definition) is 4. The summed E-state index contributed by atoms with van der Waals surface area (Å²) >= 11 is 0. The number of piperidine rings is 1. The monoisotopic (exact) mass is 202 g/mol. The summed E-state index contributed by atoms with van der Waals surface area (Å²) in [6.07, 6.45) is 2.03. The summed E-state index contributed by atoms with van der Waals surface area (Å²) in [4.78, 5) is 12.5. The molecule has 1 rings (SSSR count). The fourth-order valence-electron chi connectivity index (χ4n) is 1.82. The fourth-order valence-corrected chi connectivity index (χ4v) is 1.82. The predicted octanol–water partition coefficient (Wildman–Crippen LogP) is -0.897. The van der Waals surface area contributed by atoms with E-state index in [4.69, 9.17) is 15.9 Å². The highest BCUT2D eigenvalue weighted by Crippen LogP contribution is 2.15. The molecule has 1 aliphatic rings. The van der Waals surface area contributed by atoms with E-state index in [1.54, 1.807) is 0 Å². The van der Waals surface area contributed by atoms with Crippen molar-refractivity contribution < 1.29 is 15.0 Å². The van der Waals surface area contributed by atoms with Gasteiger partial charge in [-0.2, -0.15) is 0 Å². The van der Waals surface area contributed by atoms with Crippen LogP contribution in [0, 0.1) is 5.92 Å². The number of hydrogen-bond donors (Lipinski definition) is 3. The molecule has 0 aliphatic carbocycles. The smallest absolute Gasteiger partial charge is 0.321 e. The zero-order chi connectivity index (χ0) is 10.6. The van der Waals surface area contributed by atoms with Gasteiger partial charge in [0.1, 0.15) is 6.04 Å². The molecule has 1 fully saturated rings. The molecule has 1 saturated heterocycles. The molecule has 0 saturated carbocycles. The minimum absolute atomic E-state index is 0.179. The number of nitrogens with two attached hydrogens (primary N) is 1. The van der Waals surface area contributed by atoms with E-state index in [2.05, 4.69) is 0 Å². The topological polar surface area (TPSA) is 86.8 Å². The Hall–Kier alpha value is -0.650. The summed E-state index contributed by atoms with van der Waals surface area (Å²) in [6, 6.07) is -0.813. The standard InChI is InChI=1S/C9H18N2O3/c10-8(9(13)14)5-11-3-1-2-7(4-11)6-12/h7-8,12H,1-6,10H2,(H,13,14). The van der Waals surface area contributed by atoms with E-state index in [0.29, 0.717) is 6.54 Å². The van der Waals surface area contributed by atoms with Crippen LogP contribution in [0.1, 0.15) is 12.8 Å². The molecular formula is C9H18N2O3. The summed E-state index contributed by atoms with van der Waals surface area (Å²) in [6.45, 7) is 2.21. The van der Waals surface area contributed by atoms with E-state index in [0.717, 1.165) is 25.9 Å². The first-order chi connectivity index (χ1) is 6.63. The van der Waals surface area contributed by atoms with Crippen LogP contribution in [0.5, 0.6) is 0 Å². The summed E-state index contributed by atoms with van der Waals surface area (Å²) < 4.78 is 0. The number of carboxylic acid groups (broad SMARTS) is 1. The Morgan fingerprint density at radius 3 is 2.93 bits per heavy atom.